The van der Waals surface area contributed by atoms with E-state index in [-0.39, 0.29) is 11.9 Å². The van der Waals surface area contributed by atoms with Crippen molar-refractivity contribution >= 4 is 28.5 Å². The van der Waals surface area contributed by atoms with Gasteiger partial charge in [0.15, 0.2) is 0 Å². The van der Waals surface area contributed by atoms with Crippen molar-refractivity contribution in [2.24, 2.45) is 0 Å². The van der Waals surface area contributed by atoms with Crippen molar-refractivity contribution in [3.05, 3.63) is 33.4 Å². The molecule has 1 saturated heterocycles. The van der Waals surface area contributed by atoms with E-state index in [2.05, 4.69) is 40.0 Å². The Morgan fingerprint density at radius 3 is 2.77 bits per heavy atom. The minimum Gasteiger partial charge on any atom is -0.349 e. The Kier molecular flexibility index (Phi) is 2.53. The lowest BCUT2D eigenvalue weighted by Crippen LogP contribution is -2.18. The Labute approximate surface area is 90.9 Å². The summed E-state index contributed by atoms with van der Waals surface area (Å²) in [4.78, 5) is 11.0. The van der Waals surface area contributed by atoms with Gasteiger partial charge >= 0.3 is 0 Å². The highest BCUT2D eigenvalue weighted by molar-refractivity contribution is 14.1. The first kappa shape index (κ1) is 8.99. The maximum atomic E-state index is 11.0. The molecule has 13 heavy (non-hydrogen) atoms. The smallest absolute Gasteiger partial charge is 0.220 e. The van der Waals surface area contributed by atoms with Crippen LogP contribution in [0.4, 0.5) is 0 Å². The molecule has 0 radical (unpaired) electrons. The first-order valence-corrected chi connectivity index (χ1v) is 5.39. The molecule has 1 N–H and O–H groups in total. The van der Waals surface area contributed by atoms with Crippen LogP contribution in [0.5, 0.6) is 0 Å². The van der Waals surface area contributed by atoms with Crippen LogP contribution in [0, 0.1) is 3.57 Å². The Balaban J connectivity index is 2.26. The summed E-state index contributed by atoms with van der Waals surface area (Å²) in [5, 5.41) is 2.97. The predicted molar refractivity (Wildman–Crippen MR) is 59.3 cm³/mol. The zero-order valence-corrected chi connectivity index (χ0v) is 9.24. The third kappa shape index (κ3) is 1.85. The van der Waals surface area contributed by atoms with Crippen LogP contribution in [0.25, 0.3) is 0 Å². The topological polar surface area (TPSA) is 29.1 Å². The standard InChI is InChI=1S/C10H10INO/c11-8-4-2-1-3-7(8)9-5-6-10(13)12-9/h1-4,9H,5-6H2,(H,12,13). The average molecular weight is 287 g/mol. The quantitative estimate of drug-likeness (QED) is 0.789. The van der Waals surface area contributed by atoms with E-state index < -0.39 is 0 Å². The molecule has 1 aliphatic heterocycles. The van der Waals surface area contributed by atoms with Gasteiger partial charge in [-0.2, -0.15) is 0 Å². The fourth-order valence-electron chi connectivity index (χ4n) is 1.61. The number of halogens is 1. The SMILES string of the molecule is O=C1CCC(c2ccccc2I)N1. The Bertz CT molecular complexity index is 337. The van der Waals surface area contributed by atoms with Crippen LogP contribution in [0.1, 0.15) is 24.4 Å². The van der Waals surface area contributed by atoms with Crippen LogP contribution in [0.15, 0.2) is 24.3 Å². The van der Waals surface area contributed by atoms with E-state index in [0.717, 1.165) is 6.42 Å². The van der Waals surface area contributed by atoms with Crippen LogP contribution in [0.2, 0.25) is 0 Å². The second kappa shape index (κ2) is 3.65. The molecule has 1 atom stereocenters. The third-order valence-electron chi connectivity index (χ3n) is 2.28. The fourth-order valence-corrected chi connectivity index (χ4v) is 2.37. The van der Waals surface area contributed by atoms with Crippen LogP contribution in [0.3, 0.4) is 0 Å². The molecule has 0 saturated carbocycles. The second-order valence-electron chi connectivity index (χ2n) is 3.18. The summed E-state index contributed by atoms with van der Waals surface area (Å²) < 4.78 is 1.23. The number of carbonyl (C=O) groups excluding carboxylic acids is 1. The van der Waals surface area contributed by atoms with Gasteiger partial charge in [0.05, 0.1) is 6.04 Å². The first-order valence-electron chi connectivity index (χ1n) is 4.31. The van der Waals surface area contributed by atoms with Gasteiger partial charge in [0.25, 0.3) is 0 Å². The first-order chi connectivity index (χ1) is 6.27. The molecule has 1 aromatic carbocycles. The van der Waals surface area contributed by atoms with E-state index >= 15 is 0 Å². The molecule has 1 aromatic rings. The molecular weight excluding hydrogens is 277 g/mol. The van der Waals surface area contributed by atoms with E-state index in [9.17, 15) is 4.79 Å². The van der Waals surface area contributed by atoms with Crippen molar-refractivity contribution in [3.8, 4) is 0 Å². The molecule has 3 heteroatoms. The molecule has 1 amide bonds. The summed E-state index contributed by atoms with van der Waals surface area (Å²) in [6.07, 6.45) is 1.59. The van der Waals surface area contributed by atoms with Gasteiger partial charge in [-0.05, 0) is 40.6 Å². The van der Waals surface area contributed by atoms with Crippen molar-refractivity contribution in [1.82, 2.24) is 5.32 Å². The Morgan fingerprint density at radius 1 is 1.38 bits per heavy atom. The van der Waals surface area contributed by atoms with Crippen LogP contribution < -0.4 is 5.32 Å². The van der Waals surface area contributed by atoms with Crippen LogP contribution in [-0.4, -0.2) is 5.91 Å². The third-order valence-corrected chi connectivity index (χ3v) is 3.26. The molecule has 2 nitrogen and oxygen atoms in total. The Hall–Kier alpha value is -0.580. The lowest BCUT2D eigenvalue weighted by atomic mass is 10.1. The van der Waals surface area contributed by atoms with E-state index in [1.54, 1.807) is 0 Å². The Morgan fingerprint density at radius 2 is 2.15 bits per heavy atom. The molecule has 68 valence electrons. The summed E-state index contributed by atoms with van der Waals surface area (Å²) in [6, 6.07) is 8.42. The number of rotatable bonds is 1. The van der Waals surface area contributed by atoms with Crippen molar-refractivity contribution in [2.45, 2.75) is 18.9 Å². The molecule has 0 aliphatic carbocycles. The maximum Gasteiger partial charge on any atom is 0.220 e. The number of nitrogens with one attached hydrogen (secondary N) is 1. The molecule has 0 bridgehead atoms. The van der Waals surface area contributed by atoms with Crippen molar-refractivity contribution in [1.29, 1.82) is 0 Å². The summed E-state index contributed by atoms with van der Waals surface area (Å²) in [7, 11) is 0. The number of carbonyl (C=O) groups is 1. The van der Waals surface area contributed by atoms with E-state index in [4.69, 9.17) is 0 Å². The van der Waals surface area contributed by atoms with Crippen molar-refractivity contribution in [3.63, 3.8) is 0 Å². The zero-order chi connectivity index (χ0) is 9.26. The van der Waals surface area contributed by atoms with E-state index in [0.29, 0.717) is 6.42 Å². The van der Waals surface area contributed by atoms with Gasteiger partial charge in [-0.1, -0.05) is 18.2 Å². The number of hydrogen-bond donors (Lipinski definition) is 1. The summed E-state index contributed by atoms with van der Waals surface area (Å²) >= 11 is 2.31. The van der Waals surface area contributed by atoms with Gasteiger partial charge in [-0.25, -0.2) is 0 Å². The second-order valence-corrected chi connectivity index (χ2v) is 4.34. The summed E-state index contributed by atoms with van der Waals surface area (Å²) in [5.41, 5.74) is 1.24. The van der Waals surface area contributed by atoms with Crippen molar-refractivity contribution in [2.75, 3.05) is 0 Å². The van der Waals surface area contributed by atoms with E-state index in [1.165, 1.54) is 9.13 Å². The normalized spacial score (nSPS) is 21.6. The van der Waals surface area contributed by atoms with Gasteiger partial charge in [-0.15, -0.1) is 0 Å². The number of hydrogen-bond acceptors (Lipinski definition) is 1. The molecule has 1 aliphatic rings. The minimum absolute atomic E-state index is 0.171. The number of benzene rings is 1. The van der Waals surface area contributed by atoms with Crippen LogP contribution >= 0.6 is 22.6 Å². The molecule has 0 aromatic heterocycles. The fraction of sp³-hybridized carbons (Fsp3) is 0.300. The minimum atomic E-state index is 0.171. The van der Waals surface area contributed by atoms with Gasteiger partial charge in [-0.3, -0.25) is 4.79 Å². The molecule has 2 rings (SSSR count). The maximum absolute atomic E-state index is 11.0. The van der Waals surface area contributed by atoms with Gasteiger partial charge < -0.3 is 5.32 Å². The largest absolute Gasteiger partial charge is 0.349 e. The highest BCUT2D eigenvalue weighted by Gasteiger charge is 2.23. The lowest BCUT2D eigenvalue weighted by Gasteiger charge is -2.11. The van der Waals surface area contributed by atoms with Gasteiger partial charge in [0, 0.05) is 9.99 Å². The monoisotopic (exact) mass is 287 g/mol. The van der Waals surface area contributed by atoms with E-state index in [1.807, 2.05) is 12.1 Å². The van der Waals surface area contributed by atoms with Gasteiger partial charge in [0.2, 0.25) is 5.91 Å². The molecule has 1 fully saturated rings. The average Bonchev–Trinajstić information content (AvgIpc) is 2.53. The van der Waals surface area contributed by atoms with Crippen molar-refractivity contribution < 1.29 is 4.79 Å². The molecule has 1 heterocycles. The summed E-state index contributed by atoms with van der Waals surface area (Å²) in [5.74, 6) is 0.171. The summed E-state index contributed by atoms with van der Waals surface area (Å²) in [6.45, 7) is 0. The highest BCUT2D eigenvalue weighted by atomic mass is 127. The zero-order valence-electron chi connectivity index (χ0n) is 7.09. The molecule has 0 spiro atoms. The highest BCUT2D eigenvalue weighted by Crippen LogP contribution is 2.27. The van der Waals surface area contributed by atoms with Crippen LogP contribution in [-0.2, 0) is 4.79 Å². The molecule has 1 unspecified atom stereocenters. The molecular formula is C10H10INO. The number of amides is 1. The van der Waals surface area contributed by atoms with Gasteiger partial charge in [0.1, 0.15) is 0 Å². The predicted octanol–water partition coefficient (Wildman–Crippen LogP) is 2.24. The lowest BCUT2D eigenvalue weighted by molar-refractivity contribution is -0.119.